The van der Waals surface area contributed by atoms with E-state index in [-0.39, 0.29) is 17.8 Å². The molecule has 4 nitrogen and oxygen atoms in total. The van der Waals surface area contributed by atoms with Crippen molar-refractivity contribution in [1.29, 1.82) is 0 Å². The van der Waals surface area contributed by atoms with Gasteiger partial charge in [-0.15, -0.1) is 0 Å². The average Bonchev–Trinajstić information content (AvgIpc) is 2.61. The standard InChI is InChI=1S/C19H20ClFN2O2/c1-13-19(24)23(16-5-7-17(25-2)8-6-16)10-9-22(13)12-14-3-4-15(20)11-18(14)21/h3-8,11,13H,9-10,12H2,1-2H3/t13-/m0/s1. The highest BCUT2D eigenvalue weighted by Gasteiger charge is 2.32. The SMILES string of the molecule is COc1ccc(N2CCN(Cc3ccc(Cl)cc3F)[C@@H](C)C2=O)cc1. The van der Waals surface area contributed by atoms with E-state index in [1.807, 2.05) is 36.1 Å². The first-order valence-corrected chi connectivity index (χ1v) is 8.51. The van der Waals surface area contributed by atoms with Crippen molar-refractivity contribution >= 4 is 23.2 Å². The molecule has 1 aliphatic rings. The van der Waals surface area contributed by atoms with Crippen LogP contribution in [0.15, 0.2) is 42.5 Å². The number of halogens is 2. The van der Waals surface area contributed by atoms with Gasteiger partial charge in [-0.1, -0.05) is 17.7 Å². The van der Waals surface area contributed by atoms with Gasteiger partial charge < -0.3 is 9.64 Å². The van der Waals surface area contributed by atoms with E-state index in [0.29, 0.717) is 30.2 Å². The van der Waals surface area contributed by atoms with Crippen LogP contribution in [0.1, 0.15) is 12.5 Å². The highest BCUT2D eigenvalue weighted by molar-refractivity contribution is 6.30. The molecule has 1 heterocycles. The van der Waals surface area contributed by atoms with E-state index in [0.717, 1.165) is 11.4 Å². The van der Waals surface area contributed by atoms with Crippen molar-refractivity contribution in [3.05, 3.63) is 58.9 Å². The third-order valence-corrected chi connectivity index (χ3v) is 4.79. The summed E-state index contributed by atoms with van der Waals surface area (Å²) in [6.45, 7) is 3.46. The van der Waals surface area contributed by atoms with E-state index in [9.17, 15) is 9.18 Å². The molecule has 0 aromatic heterocycles. The second-order valence-electron chi connectivity index (χ2n) is 6.07. The second kappa shape index (κ2) is 7.42. The monoisotopic (exact) mass is 362 g/mol. The van der Waals surface area contributed by atoms with Crippen molar-refractivity contribution in [2.45, 2.75) is 19.5 Å². The predicted octanol–water partition coefficient (Wildman–Crippen LogP) is 3.73. The minimum atomic E-state index is -0.343. The van der Waals surface area contributed by atoms with Crippen LogP contribution in [0.5, 0.6) is 5.75 Å². The quantitative estimate of drug-likeness (QED) is 0.831. The Labute approximate surface area is 151 Å². The maximum absolute atomic E-state index is 14.0. The number of ether oxygens (including phenoxy) is 1. The minimum absolute atomic E-state index is 0.00536. The summed E-state index contributed by atoms with van der Waals surface area (Å²) < 4.78 is 19.2. The van der Waals surface area contributed by atoms with E-state index in [4.69, 9.17) is 16.3 Å². The van der Waals surface area contributed by atoms with Gasteiger partial charge in [0.25, 0.3) is 0 Å². The van der Waals surface area contributed by atoms with Crippen molar-refractivity contribution in [2.75, 3.05) is 25.1 Å². The topological polar surface area (TPSA) is 32.8 Å². The van der Waals surface area contributed by atoms with Gasteiger partial charge in [0.15, 0.2) is 0 Å². The maximum Gasteiger partial charge on any atom is 0.244 e. The molecule has 0 radical (unpaired) electrons. The van der Waals surface area contributed by atoms with Crippen molar-refractivity contribution < 1.29 is 13.9 Å². The molecule has 0 spiro atoms. The predicted molar refractivity (Wildman–Crippen MR) is 96.6 cm³/mol. The Morgan fingerprint density at radius 2 is 1.92 bits per heavy atom. The van der Waals surface area contributed by atoms with Gasteiger partial charge in [0.1, 0.15) is 11.6 Å². The van der Waals surface area contributed by atoms with Gasteiger partial charge >= 0.3 is 0 Å². The van der Waals surface area contributed by atoms with Crippen molar-refractivity contribution in [2.24, 2.45) is 0 Å². The molecule has 0 unspecified atom stereocenters. The molecule has 6 heteroatoms. The molecular weight excluding hydrogens is 343 g/mol. The van der Waals surface area contributed by atoms with E-state index in [2.05, 4.69) is 0 Å². The van der Waals surface area contributed by atoms with Gasteiger partial charge in [0.2, 0.25) is 5.91 Å². The number of rotatable bonds is 4. The Hall–Kier alpha value is -2.11. The molecule has 0 N–H and O–H groups in total. The summed E-state index contributed by atoms with van der Waals surface area (Å²) in [7, 11) is 1.61. The molecule has 2 aromatic rings. The third-order valence-electron chi connectivity index (χ3n) is 4.55. The third kappa shape index (κ3) is 3.78. The first-order valence-electron chi connectivity index (χ1n) is 8.13. The normalized spacial score (nSPS) is 18.5. The van der Waals surface area contributed by atoms with Gasteiger partial charge in [0.05, 0.1) is 13.2 Å². The van der Waals surface area contributed by atoms with E-state index in [1.54, 1.807) is 24.1 Å². The van der Waals surface area contributed by atoms with Gasteiger partial charge in [-0.25, -0.2) is 4.39 Å². The molecule has 1 fully saturated rings. The van der Waals surface area contributed by atoms with Crippen molar-refractivity contribution in [3.8, 4) is 5.75 Å². The number of benzene rings is 2. The molecule has 1 saturated heterocycles. The van der Waals surface area contributed by atoms with Crippen LogP contribution >= 0.6 is 11.6 Å². The minimum Gasteiger partial charge on any atom is -0.497 e. The molecule has 0 saturated carbocycles. The zero-order valence-electron chi connectivity index (χ0n) is 14.2. The van der Waals surface area contributed by atoms with E-state index >= 15 is 0 Å². The maximum atomic E-state index is 14.0. The number of amides is 1. The Balaban J connectivity index is 1.72. The molecule has 132 valence electrons. The first-order chi connectivity index (χ1) is 12.0. The molecule has 0 bridgehead atoms. The van der Waals surface area contributed by atoms with Gasteiger partial charge in [-0.05, 0) is 43.3 Å². The Bertz CT molecular complexity index is 767. The summed E-state index contributed by atoms with van der Waals surface area (Å²) in [6, 6.07) is 11.7. The second-order valence-corrected chi connectivity index (χ2v) is 6.51. The summed E-state index contributed by atoms with van der Waals surface area (Å²) in [5.41, 5.74) is 1.39. The van der Waals surface area contributed by atoms with Crippen LogP contribution in [-0.4, -0.2) is 37.0 Å². The average molecular weight is 363 g/mol. The summed E-state index contributed by atoms with van der Waals surface area (Å²) in [5.74, 6) is 0.414. The lowest BCUT2D eigenvalue weighted by molar-refractivity contribution is -0.125. The van der Waals surface area contributed by atoms with Crippen LogP contribution in [0.25, 0.3) is 0 Å². The number of carbonyl (C=O) groups excluding carboxylic acids is 1. The Morgan fingerprint density at radius 3 is 2.56 bits per heavy atom. The Morgan fingerprint density at radius 1 is 1.20 bits per heavy atom. The number of hydrogen-bond donors (Lipinski definition) is 0. The summed E-state index contributed by atoms with van der Waals surface area (Å²) in [5, 5.41) is 0.370. The van der Waals surface area contributed by atoms with Gasteiger partial charge in [-0.2, -0.15) is 0 Å². The largest absolute Gasteiger partial charge is 0.497 e. The van der Waals surface area contributed by atoms with Crippen LogP contribution < -0.4 is 9.64 Å². The molecule has 1 aliphatic heterocycles. The number of hydrogen-bond acceptors (Lipinski definition) is 3. The van der Waals surface area contributed by atoms with Crippen molar-refractivity contribution in [1.82, 2.24) is 4.90 Å². The lowest BCUT2D eigenvalue weighted by Crippen LogP contribution is -2.55. The molecule has 1 atom stereocenters. The molecule has 1 amide bonds. The number of anilines is 1. The first kappa shape index (κ1) is 17.7. The summed E-state index contributed by atoms with van der Waals surface area (Å²) >= 11 is 5.80. The lowest BCUT2D eigenvalue weighted by atomic mass is 10.1. The lowest BCUT2D eigenvalue weighted by Gasteiger charge is -2.39. The zero-order valence-corrected chi connectivity index (χ0v) is 15.0. The van der Waals surface area contributed by atoms with E-state index < -0.39 is 0 Å². The van der Waals surface area contributed by atoms with Crippen LogP contribution in [-0.2, 0) is 11.3 Å². The fourth-order valence-corrected chi connectivity index (χ4v) is 3.18. The Kier molecular flexibility index (Phi) is 5.25. The highest BCUT2D eigenvalue weighted by Crippen LogP contribution is 2.25. The van der Waals surface area contributed by atoms with Gasteiger partial charge in [-0.3, -0.25) is 9.69 Å². The summed E-state index contributed by atoms with van der Waals surface area (Å²) in [4.78, 5) is 16.5. The number of nitrogens with zero attached hydrogens (tertiary/aromatic N) is 2. The summed E-state index contributed by atoms with van der Waals surface area (Å²) in [6.07, 6.45) is 0. The molecule has 25 heavy (non-hydrogen) atoms. The molecular formula is C19H20ClFN2O2. The van der Waals surface area contributed by atoms with Crippen LogP contribution in [0, 0.1) is 5.82 Å². The van der Waals surface area contributed by atoms with Gasteiger partial charge in [0, 0.05) is 35.9 Å². The number of piperazine rings is 1. The fraction of sp³-hybridized carbons (Fsp3) is 0.316. The van der Waals surface area contributed by atoms with E-state index in [1.165, 1.54) is 6.07 Å². The highest BCUT2D eigenvalue weighted by atomic mass is 35.5. The molecule has 2 aromatic carbocycles. The molecule has 0 aliphatic carbocycles. The van der Waals surface area contributed by atoms with Crippen molar-refractivity contribution in [3.63, 3.8) is 0 Å². The van der Waals surface area contributed by atoms with Crippen LogP contribution in [0.2, 0.25) is 5.02 Å². The zero-order chi connectivity index (χ0) is 18.0. The van der Waals surface area contributed by atoms with Crippen LogP contribution in [0.4, 0.5) is 10.1 Å². The number of carbonyl (C=O) groups is 1. The fourth-order valence-electron chi connectivity index (χ4n) is 3.02. The van der Waals surface area contributed by atoms with Crippen LogP contribution in [0.3, 0.4) is 0 Å². The smallest absolute Gasteiger partial charge is 0.244 e. The number of methoxy groups -OCH3 is 1. The molecule has 3 rings (SSSR count).